The van der Waals surface area contributed by atoms with Crippen LogP contribution in [0, 0.1) is 18.3 Å². The van der Waals surface area contributed by atoms with Crippen LogP contribution < -0.4 is 16.0 Å². The van der Waals surface area contributed by atoms with Gasteiger partial charge in [0.1, 0.15) is 17.7 Å². The number of nitrogens with zero attached hydrogens (tertiary/aromatic N) is 5. The molecule has 3 fully saturated rings. The number of hydrogen-bond acceptors (Lipinski definition) is 10. The van der Waals surface area contributed by atoms with Crippen LogP contribution in [0.1, 0.15) is 78.5 Å². The second-order valence-electron chi connectivity index (χ2n) is 17.5. The fourth-order valence-corrected chi connectivity index (χ4v) is 8.52. The number of carbonyl (C=O) groups is 4. The van der Waals surface area contributed by atoms with Crippen molar-refractivity contribution in [3.05, 3.63) is 41.0 Å². The molecule has 304 valence electrons. The highest BCUT2D eigenvalue weighted by Crippen LogP contribution is 2.28. The molecule has 3 N–H and O–H groups in total. The number of piperazine rings is 1. The Kier molecular flexibility index (Phi) is 14.7. The van der Waals surface area contributed by atoms with Crippen LogP contribution in [-0.2, 0) is 25.7 Å². The zero-order valence-electron chi connectivity index (χ0n) is 34.1. The number of ether oxygens (including phenoxy) is 1. The third-order valence-electron chi connectivity index (χ3n) is 10.8. The van der Waals surface area contributed by atoms with Gasteiger partial charge in [-0.05, 0) is 88.9 Å². The lowest BCUT2D eigenvalue weighted by Crippen LogP contribution is -2.59. The van der Waals surface area contributed by atoms with E-state index in [1.54, 1.807) is 16.2 Å². The lowest BCUT2D eigenvalue weighted by atomic mass is 9.85. The molecule has 0 radical (unpaired) electrons. The SMILES string of the molecule is Cc1ncsc1-c1ccc(CNC(=O)C2CCCN2C(=O)C(NC(=O)CN2CCN(CC3CCN(CCNC(=O)OC(C)(C)C)CC3)CC2)C(C)(C)C)cc1. The highest BCUT2D eigenvalue weighted by molar-refractivity contribution is 7.13. The first kappa shape index (κ1) is 42.6. The molecule has 55 heavy (non-hydrogen) atoms. The molecule has 3 aliphatic heterocycles. The molecule has 13 nitrogen and oxygen atoms in total. The van der Waals surface area contributed by atoms with Gasteiger partial charge < -0.3 is 35.4 Å². The molecule has 1 aromatic carbocycles. The van der Waals surface area contributed by atoms with E-state index in [9.17, 15) is 19.2 Å². The molecule has 4 amide bonds. The van der Waals surface area contributed by atoms with E-state index in [2.05, 4.69) is 35.6 Å². The van der Waals surface area contributed by atoms with Crippen LogP contribution in [0.4, 0.5) is 4.79 Å². The van der Waals surface area contributed by atoms with E-state index in [1.165, 1.54) is 0 Å². The molecule has 0 aliphatic carbocycles. The van der Waals surface area contributed by atoms with Gasteiger partial charge in [0.2, 0.25) is 17.7 Å². The molecule has 0 bridgehead atoms. The number of rotatable bonds is 13. The van der Waals surface area contributed by atoms with Gasteiger partial charge in [0.05, 0.1) is 22.6 Å². The van der Waals surface area contributed by atoms with Crippen LogP contribution in [0.3, 0.4) is 0 Å². The number of alkyl carbamates (subject to hydrolysis) is 1. The zero-order valence-corrected chi connectivity index (χ0v) is 34.9. The Hall–Kier alpha value is -3.59. The molecule has 0 saturated carbocycles. The summed E-state index contributed by atoms with van der Waals surface area (Å²) in [7, 11) is 0. The van der Waals surface area contributed by atoms with Crippen molar-refractivity contribution in [2.45, 2.75) is 98.4 Å². The summed E-state index contributed by atoms with van der Waals surface area (Å²) in [6.07, 6.45) is 3.25. The molecular weight excluding hydrogens is 717 g/mol. The molecule has 0 spiro atoms. The number of aryl methyl sites for hydroxylation is 1. The number of amides is 4. The van der Waals surface area contributed by atoms with Gasteiger partial charge in [-0.2, -0.15) is 0 Å². The molecule has 3 saturated heterocycles. The van der Waals surface area contributed by atoms with E-state index in [4.69, 9.17) is 4.74 Å². The summed E-state index contributed by atoms with van der Waals surface area (Å²) >= 11 is 1.61. The van der Waals surface area contributed by atoms with Crippen LogP contribution in [-0.4, -0.2) is 138 Å². The van der Waals surface area contributed by atoms with Gasteiger partial charge in [-0.15, -0.1) is 11.3 Å². The van der Waals surface area contributed by atoms with Crippen molar-refractivity contribution in [2.24, 2.45) is 11.3 Å². The van der Waals surface area contributed by atoms with E-state index >= 15 is 0 Å². The lowest BCUT2D eigenvalue weighted by Gasteiger charge is -2.39. The second kappa shape index (κ2) is 19.0. The van der Waals surface area contributed by atoms with Gasteiger partial charge in [0, 0.05) is 58.9 Å². The predicted octanol–water partition coefficient (Wildman–Crippen LogP) is 4.11. The third kappa shape index (κ3) is 12.7. The minimum absolute atomic E-state index is 0.160. The smallest absolute Gasteiger partial charge is 0.407 e. The second-order valence-corrected chi connectivity index (χ2v) is 18.4. The maximum Gasteiger partial charge on any atom is 0.407 e. The van der Waals surface area contributed by atoms with Gasteiger partial charge in [-0.1, -0.05) is 45.0 Å². The number of benzene rings is 1. The normalized spacial score (nSPS) is 19.9. The summed E-state index contributed by atoms with van der Waals surface area (Å²) in [4.78, 5) is 67.1. The van der Waals surface area contributed by atoms with E-state index in [0.29, 0.717) is 32.0 Å². The summed E-state index contributed by atoms with van der Waals surface area (Å²) in [6, 6.07) is 6.83. The first-order valence-electron chi connectivity index (χ1n) is 20.1. The summed E-state index contributed by atoms with van der Waals surface area (Å²) in [6.45, 7) is 22.6. The van der Waals surface area contributed by atoms with Crippen molar-refractivity contribution >= 4 is 35.2 Å². The number of hydrogen-bond donors (Lipinski definition) is 3. The van der Waals surface area contributed by atoms with Crippen LogP contribution in [0.2, 0.25) is 0 Å². The van der Waals surface area contributed by atoms with Crippen LogP contribution >= 0.6 is 11.3 Å². The average Bonchev–Trinajstić information content (AvgIpc) is 3.79. The van der Waals surface area contributed by atoms with E-state index in [0.717, 1.165) is 93.3 Å². The van der Waals surface area contributed by atoms with Crippen molar-refractivity contribution in [1.29, 1.82) is 0 Å². The van der Waals surface area contributed by atoms with Crippen molar-refractivity contribution in [2.75, 3.05) is 72.0 Å². The maximum absolute atomic E-state index is 14.0. The van der Waals surface area contributed by atoms with Crippen LogP contribution in [0.5, 0.6) is 0 Å². The van der Waals surface area contributed by atoms with Crippen molar-refractivity contribution in [3.63, 3.8) is 0 Å². The van der Waals surface area contributed by atoms with Gasteiger partial charge >= 0.3 is 6.09 Å². The minimum atomic E-state index is -0.739. The number of likely N-dealkylation sites (tertiary alicyclic amines) is 2. The Labute approximate surface area is 331 Å². The Bertz CT molecular complexity index is 1590. The Morgan fingerprint density at radius 2 is 1.55 bits per heavy atom. The van der Waals surface area contributed by atoms with E-state index in [1.807, 2.05) is 78.2 Å². The first-order valence-corrected chi connectivity index (χ1v) is 20.9. The Morgan fingerprint density at radius 3 is 2.16 bits per heavy atom. The van der Waals surface area contributed by atoms with Gasteiger partial charge in [0.15, 0.2) is 0 Å². The quantitative estimate of drug-likeness (QED) is 0.274. The number of piperidine rings is 1. The molecule has 1 aromatic heterocycles. The predicted molar refractivity (Wildman–Crippen MR) is 217 cm³/mol. The van der Waals surface area contributed by atoms with Crippen molar-refractivity contribution in [1.82, 2.24) is 40.5 Å². The molecule has 2 unspecified atom stereocenters. The van der Waals surface area contributed by atoms with E-state index in [-0.39, 0.29) is 30.4 Å². The van der Waals surface area contributed by atoms with Gasteiger partial charge in [0.25, 0.3) is 0 Å². The van der Waals surface area contributed by atoms with Gasteiger partial charge in [-0.3, -0.25) is 19.3 Å². The average molecular weight is 781 g/mol. The lowest BCUT2D eigenvalue weighted by molar-refractivity contribution is -0.144. The monoisotopic (exact) mass is 780 g/mol. The number of aromatic nitrogens is 1. The topological polar surface area (TPSA) is 139 Å². The standard InChI is InChI=1S/C41H64N8O5S/c1-29-35(55-28-44-29)32-12-10-30(11-13-32)25-43-37(51)33-9-8-17-49(33)38(52)36(40(2,3)4)45-34(50)27-48-23-21-47(22-24-48)26-31-14-18-46(19-15-31)20-16-42-39(53)54-41(5,6)7/h10-13,28,31,33,36H,8-9,14-27H2,1-7H3,(H,42,53)(H,43,51)(H,45,50). The minimum Gasteiger partial charge on any atom is -0.444 e. The molecule has 4 heterocycles. The molecule has 14 heteroatoms. The van der Waals surface area contributed by atoms with Crippen molar-refractivity contribution in [3.8, 4) is 10.4 Å². The molecular formula is C41H64N8O5S. The summed E-state index contributed by atoms with van der Waals surface area (Å²) in [5.74, 6) is 0.124. The molecule has 2 aromatic rings. The molecule has 2 atom stereocenters. The first-order chi connectivity index (χ1) is 26.1. The summed E-state index contributed by atoms with van der Waals surface area (Å²) in [5, 5.41) is 8.98. The fourth-order valence-electron chi connectivity index (χ4n) is 7.71. The number of thiazole rings is 1. The Morgan fingerprint density at radius 1 is 0.873 bits per heavy atom. The summed E-state index contributed by atoms with van der Waals surface area (Å²) in [5.41, 5.74) is 3.92. The largest absolute Gasteiger partial charge is 0.444 e. The van der Waals surface area contributed by atoms with Crippen LogP contribution in [0.15, 0.2) is 29.8 Å². The maximum atomic E-state index is 14.0. The summed E-state index contributed by atoms with van der Waals surface area (Å²) < 4.78 is 5.33. The number of nitrogens with one attached hydrogen (secondary N) is 3. The fraction of sp³-hybridized carbons (Fsp3) is 0.683. The zero-order chi connectivity index (χ0) is 39.8. The van der Waals surface area contributed by atoms with Gasteiger partial charge in [-0.25, -0.2) is 9.78 Å². The van der Waals surface area contributed by atoms with Crippen LogP contribution in [0.25, 0.3) is 10.4 Å². The molecule has 5 rings (SSSR count). The van der Waals surface area contributed by atoms with Crippen molar-refractivity contribution < 1.29 is 23.9 Å². The highest BCUT2D eigenvalue weighted by atomic mass is 32.1. The Balaban J connectivity index is 1.02. The van der Waals surface area contributed by atoms with E-state index < -0.39 is 23.1 Å². The number of carbonyl (C=O) groups excluding carboxylic acids is 4. The third-order valence-corrected chi connectivity index (χ3v) is 11.8. The molecule has 3 aliphatic rings. The highest BCUT2D eigenvalue weighted by Gasteiger charge is 2.42.